The maximum atomic E-state index is 12.5. The third-order valence-electron chi connectivity index (χ3n) is 4.57. The molecule has 2 aromatic rings. The van der Waals surface area contributed by atoms with Crippen LogP contribution in [0.15, 0.2) is 54.6 Å². The number of ether oxygens (including phenoxy) is 1. The molecule has 0 saturated carbocycles. The van der Waals surface area contributed by atoms with E-state index in [0.717, 1.165) is 12.1 Å². The normalized spacial score (nSPS) is 14.7. The van der Waals surface area contributed by atoms with Crippen LogP contribution in [0.2, 0.25) is 0 Å². The molecule has 2 amide bonds. The molecule has 0 radical (unpaired) electrons. The first-order valence-corrected chi connectivity index (χ1v) is 8.91. The molecule has 3 rings (SSSR count). The molecule has 1 saturated heterocycles. The number of esters is 1. The summed E-state index contributed by atoms with van der Waals surface area (Å²) in [4.78, 5) is 40.0. The van der Waals surface area contributed by atoms with E-state index in [9.17, 15) is 14.4 Å². The maximum absolute atomic E-state index is 12.5. The van der Waals surface area contributed by atoms with Crippen LogP contribution in [0.3, 0.4) is 0 Å². The molecule has 0 bridgehead atoms. The fraction of sp³-hybridized carbons (Fsp3) is 0.286. The van der Waals surface area contributed by atoms with Crippen molar-refractivity contribution in [1.82, 2.24) is 0 Å². The third-order valence-corrected chi connectivity index (χ3v) is 4.57. The van der Waals surface area contributed by atoms with Crippen molar-refractivity contribution in [2.75, 3.05) is 23.4 Å². The second-order valence-corrected chi connectivity index (χ2v) is 6.48. The van der Waals surface area contributed by atoms with Gasteiger partial charge in [-0.05, 0) is 43.7 Å². The summed E-state index contributed by atoms with van der Waals surface area (Å²) >= 11 is 0. The number of carbonyl (C=O) groups excluding carboxylic acids is 3. The smallest absolute Gasteiger partial charge is 0.338 e. The van der Waals surface area contributed by atoms with Gasteiger partial charge in [-0.25, -0.2) is 4.79 Å². The van der Waals surface area contributed by atoms with Gasteiger partial charge >= 0.3 is 5.97 Å². The van der Waals surface area contributed by atoms with Gasteiger partial charge in [0.15, 0.2) is 6.10 Å². The van der Waals surface area contributed by atoms with E-state index in [1.165, 1.54) is 4.90 Å². The van der Waals surface area contributed by atoms with Gasteiger partial charge in [-0.1, -0.05) is 24.3 Å². The van der Waals surface area contributed by atoms with Gasteiger partial charge in [0.1, 0.15) is 0 Å². The zero-order chi connectivity index (χ0) is 19.4. The lowest BCUT2D eigenvalue weighted by Crippen LogP contribution is -2.37. The molecule has 6 heteroatoms. The number of para-hydroxylation sites is 1. The molecule has 0 spiro atoms. The molecule has 140 valence electrons. The Labute approximate surface area is 158 Å². The molecular formula is C21H22N2O4. The van der Waals surface area contributed by atoms with Crippen LogP contribution in [0.25, 0.3) is 0 Å². The number of amides is 2. The molecule has 1 aliphatic rings. The number of carbonyl (C=O) groups is 3. The topological polar surface area (TPSA) is 66.9 Å². The Morgan fingerprint density at radius 2 is 1.85 bits per heavy atom. The molecule has 27 heavy (non-hydrogen) atoms. The molecule has 0 aromatic heterocycles. The first-order chi connectivity index (χ1) is 13.0. The first-order valence-electron chi connectivity index (χ1n) is 8.91. The molecule has 6 nitrogen and oxygen atoms in total. The SMILES string of the molecule is C[C@@H](OC(=O)c1cccc(N2CCCC2=O)c1)C(=O)N(C)c1ccccc1. The van der Waals surface area contributed by atoms with Crippen molar-refractivity contribution in [3.63, 3.8) is 0 Å². The van der Waals surface area contributed by atoms with Crippen LogP contribution >= 0.6 is 0 Å². The van der Waals surface area contributed by atoms with Gasteiger partial charge < -0.3 is 14.5 Å². The van der Waals surface area contributed by atoms with Gasteiger partial charge in [0, 0.05) is 31.4 Å². The van der Waals surface area contributed by atoms with Crippen LogP contribution in [-0.2, 0) is 14.3 Å². The Kier molecular flexibility index (Phi) is 5.54. The van der Waals surface area contributed by atoms with Crippen LogP contribution < -0.4 is 9.80 Å². The molecule has 2 aromatic carbocycles. The van der Waals surface area contributed by atoms with E-state index in [0.29, 0.717) is 24.2 Å². The van der Waals surface area contributed by atoms with Crippen LogP contribution in [0.1, 0.15) is 30.1 Å². The number of hydrogen-bond donors (Lipinski definition) is 0. The summed E-state index contributed by atoms with van der Waals surface area (Å²) in [5.74, 6) is -0.861. The summed E-state index contributed by atoms with van der Waals surface area (Å²) in [5.41, 5.74) is 1.71. The first kappa shape index (κ1) is 18.6. The Bertz CT molecular complexity index is 850. The van der Waals surface area contributed by atoms with Gasteiger partial charge in [0.2, 0.25) is 5.91 Å². The molecular weight excluding hydrogens is 344 g/mol. The minimum absolute atomic E-state index is 0.0496. The Hall–Kier alpha value is -3.15. The zero-order valence-corrected chi connectivity index (χ0v) is 15.4. The number of nitrogens with zero attached hydrogens (tertiary/aromatic N) is 2. The van der Waals surface area contributed by atoms with Gasteiger partial charge in [-0.15, -0.1) is 0 Å². The summed E-state index contributed by atoms with van der Waals surface area (Å²) in [6.45, 7) is 2.20. The van der Waals surface area contributed by atoms with Crippen LogP contribution in [0.5, 0.6) is 0 Å². The van der Waals surface area contributed by atoms with E-state index in [4.69, 9.17) is 4.74 Å². The zero-order valence-electron chi connectivity index (χ0n) is 15.4. The van der Waals surface area contributed by atoms with Crippen molar-refractivity contribution in [2.45, 2.75) is 25.9 Å². The van der Waals surface area contributed by atoms with Gasteiger partial charge in [0.25, 0.3) is 5.91 Å². The van der Waals surface area contributed by atoms with E-state index < -0.39 is 12.1 Å². The van der Waals surface area contributed by atoms with Crippen molar-refractivity contribution in [1.29, 1.82) is 0 Å². The number of hydrogen-bond acceptors (Lipinski definition) is 4. The lowest BCUT2D eigenvalue weighted by molar-refractivity contribution is -0.126. The van der Waals surface area contributed by atoms with Gasteiger partial charge in [-0.2, -0.15) is 0 Å². The highest BCUT2D eigenvalue weighted by molar-refractivity contribution is 6.00. The van der Waals surface area contributed by atoms with Crippen LogP contribution in [-0.4, -0.2) is 37.5 Å². The maximum Gasteiger partial charge on any atom is 0.338 e. The van der Waals surface area contributed by atoms with Crippen LogP contribution in [0.4, 0.5) is 11.4 Å². The Morgan fingerprint density at radius 3 is 2.52 bits per heavy atom. The minimum Gasteiger partial charge on any atom is -0.449 e. The summed E-state index contributed by atoms with van der Waals surface area (Å²) in [5, 5.41) is 0. The molecule has 0 aliphatic carbocycles. The van der Waals surface area contributed by atoms with E-state index in [1.807, 2.05) is 30.3 Å². The van der Waals surface area contributed by atoms with Crippen molar-refractivity contribution in [3.8, 4) is 0 Å². The fourth-order valence-corrected chi connectivity index (χ4v) is 3.05. The van der Waals surface area contributed by atoms with Gasteiger partial charge in [-0.3, -0.25) is 9.59 Å². The van der Waals surface area contributed by atoms with Crippen molar-refractivity contribution in [3.05, 3.63) is 60.2 Å². The highest BCUT2D eigenvalue weighted by Crippen LogP contribution is 2.23. The van der Waals surface area contributed by atoms with Crippen LogP contribution in [0, 0.1) is 0 Å². The standard InChI is InChI=1S/C21H22N2O4/c1-15(20(25)22(2)17-9-4-3-5-10-17)27-21(26)16-8-6-11-18(14-16)23-13-7-12-19(23)24/h3-6,8-11,14-15H,7,12-13H2,1-2H3/t15-/m1/s1. The second-order valence-electron chi connectivity index (χ2n) is 6.48. The summed E-state index contributed by atoms with van der Waals surface area (Å²) < 4.78 is 5.35. The molecule has 1 aliphatic heterocycles. The summed E-state index contributed by atoms with van der Waals surface area (Å²) in [7, 11) is 1.64. The molecule has 1 heterocycles. The average molecular weight is 366 g/mol. The van der Waals surface area contributed by atoms with Crippen molar-refractivity contribution in [2.24, 2.45) is 0 Å². The number of likely N-dealkylation sites (N-methyl/N-ethyl adjacent to an activating group) is 1. The van der Waals surface area contributed by atoms with Crippen molar-refractivity contribution < 1.29 is 19.1 Å². The quantitative estimate of drug-likeness (QED) is 0.763. The average Bonchev–Trinajstić information content (AvgIpc) is 3.13. The monoisotopic (exact) mass is 366 g/mol. The predicted molar refractivity (Wildman–Crippen MR) is 103 cm³/mol. The highest BCUT2D eigenvalue weighted by Gasteiger charge is 2.25. The molecule has 1 fully saturated rings. The lowest BCUT2D eigenvalue weighted by atomic mass is 10.2. The number of rotatable bonds is 5. The Morgan fingerprint density at radius 1 is 1.11 bits per heavy atom. The van der Waals surface area contributed by atoms with E-state index in [1.54, 1.807) is 43.1 Å². The lowest BCUT2D eigenvalue weighted by Gasteiger charge is -2.22. The minimum atomic E-state index is -0.931. The van der Waals surface area contributed by atoms with E-state index in [2.05, 4.69) is 0 Å². The van der Waals surface area contributed by atoms with E-state index >= 15 is 0 Å². The number of benzene rings is 2. The Balaban J connectivity index is 1.68. The molecule has 0 unspecified atom stereocenters. The fourth-order valence-electron chi connectivity index (χ4n) is 3.05. The summed E-state index contributed by atoms with van der Waals surface area (Å²) in [6.07, 6.45) is 0.399. The summed E-state index contributed by atoms with van der Waals surface area (Å²) in [6, 6.07) is 15.9. The van der Waals surface area contributed by atoms with Crippen molar-refractivity contribution >= 4 is 29.2 Å². The van der Waals surface area contributed by atoms with Gasteiger partial charge in [0.05, 0.1) is 5.56 Å². The van der Waals surface area contributed by atoms with E-state index in [-0.39, 0.29) is 11.8 Å². The largest absolute Gasteiger partial charge is 0.449 e. The number of anilines is 2. The molecule has 1 atom stereocenters. The predicted octanol–water partition coefficient (Wildman–Crippen LogP) is 3.02. The molecule has 0 N–H and O–H groups in total. The third kappa shape index (κ3) is 4.16. The second kappa shape index (κ2) is 8.03. The highest BCUT2D eigenvalue weighted by atomic mass is 16.5.